The van der Waals surface area contributed by atoms with Gasteiger partial charge in [-0.15, -0.1) is 0 Å². The summed E-state index contributed by atoms with van der Waals surface area (Å²) in [6.45, 7) is 1.17. The highest BCUT2D eigenvalue weighted by atomic mass is 32.2. The summed E-state index contributed by atoms with van der Waals surface area (Å²) in [5.41, 5.74) is 1.16. The highest BCUT2D eigenvalue weighted by Crippen LogP contribution is 2.22. The van der Waals surface area contributed by atoms with Gasteiger partial charge in [-0.3, -0.25) is 8.98 Å². The fraction of sp³-hybridized carbons (Fsp3) is 0.350. The topological polar surface area (TPSA) is 142 Å². The van der Waals surface area contributed by atoms with Crippen molar-refractivity contribution in [2.24, 2.45) is 0 Å². The van der Waals surface area contributed by atoms with Gasteiger partial charge in [0.05, 0.1) is 11.5 Å². The van der Waals surface area contributed by atoms with Gasteiger partial charge in [-0.1, -0.05) is 35.9 Å². The Labute approximate surface area is 174 Å². The molecule has 3 rings (SSSR count). The molecule has 1 aliphatic rings. The van der Waals surface area contributed by atoms with E-state index in [1.807, 2.05) is 0 Å². The minimum atomic E-state index is -4.13. The molecule has 0 aliphatic carbocycles. The van der Waals surface area contributed by atoms with E-state index in [4.69, 9.17) is 8.92 Å². The van der Waals surface area contributed by atoms with Crippen LogP contribution in [-0.2, 0) is 19.0 Å². The van der Waals surface area contributed by atoms with Crippen LogP contribution < -0.4 is 5.32 Å². The van der Waals surface area contributed by atoms with Crippen molar-refractivity contribution >= 4 is 16.0 Å². The Hall–Kier alpha value is -2.34. The van der Waals surface area contributed by atoms with Gasteiger partial charge in [0.15, 0.2) is 6.29 Å². The number of benzene rings is 2. The monoisotopic (exact) mass is 437 g/mol. The van der Waals surface area contributed by atoms with E-state index in [1.165, 1.54) is 12.1 Å². The Kier molecular flexibility index (Phi) is 6.86. The quantitative estimate of drug-likeness (QED) is 0.461. The largest absolute Gasteiger partial charge is 0.388 e. The van der Waals surface area contributed by atoms with Crippen LogP contribution in [-0.4, -0.2) is 66.9 Å². The van der Waals surface area contributed by atoms with E-state index in [9.17, 15) is 28.5 Å². The normalized spacial score (nSPS) is 26.9. The fourth-order valence-corrected chi connectivity index (χ4v) is 3.91. The second-order valence-corrected chi connectivity index (χ2v) is 8.58. The lowest BCUT2D eigenvalue weighted by Gasteiger charge is -2.40. The fourth-order valence-electron chi connectivity index (χ4n) is 2.99. The second-order valence-electron chi connectivity index (χ2n) is 6.96. The number of aliphatic hydroxyl groups excluding tert-OH is 3. The molecule has 1 heterocycles. The van der Waals surface area contributed by atoms with Crippen molar-refractivity contribution in [2.75, 3.05) is 6.61 Å². The number of aliphatic hydroxyl groups is 3. The summed E-state index contributed by atoms with van der Waals surface area (Å²) < 4.78 is 34.7. The lowest BCUT2D eigenvalue weighted by Crippen LogP contribution is -2.64. The third-order valence-corrected chi connectivity index (χ3v) is 6.05. The van der Waals surface area contributed by atoms with E-state index in [1.54, 1.807) is 49.4 Å². The van der Waals surface area contributed by atoms with Crippen LogP contribution >= 0.6 is 0 Å². The number of carbonyl (C=O) groups excluding carboxylic acids is 1. The van der Waals surface area contributed by atoms with Crippen LogP contribution in [0.3, 0.4) is 0 Å². The smallest absolute Gasteiger partial charge is 0.297 e. The highest BCUT2D eigenvalue weighted by Gasteiger charge is 2.45. The number of hydrogen-bond acceptors (Lipinski definition) is 8. The minimum absolute atomic E-state index is 0.0764. The van der Waals surface area contributed by atoms with Crippen molar-refractivity contribution in [3.05, 3.63) is 65.7 Å². The van der Waals surface area contributed by atoms with Crippen LogP contribution in [0.5, 0.6) is 0 Å². The Balaban J connectivity index is 1.63. The molecule has 1 fully saturated rings. The zero-order chi connectivity index (χ0) is 21.9. The third kappa shape index (κ3) is 5.04. The van der Waals surface area contributed by atoms with Gasteiger partial charge in [-0.2, -0.15) is 8.42 Å². The highest BCUT2D eigenvalue weighted by molar-refractivity contribution is 7.86. The summed E-state index contributed by atoms with van der Waals surface area (Å²) in [6.07, 6.45) is -6.24. The van der Waals surface area contributed by atoms with E-state index >= 15 is 0 Å². The van der Waals surface area contributed by atoms with Crippen LogP contribution in [0.2, 0.25) is 0 Å². The maximum Gasteiger partial charge on any atom is 0.297 e. The molecule has 5 atom stereocenters. The molecule has 0 saturated carbocycles. The Morgan fingerprint density at radius 3 is 2.30 bits per heavy atom. The minimum Gasteiger partial charge on any atom is -0.388 e. The van der Waals surface area contributed by atoms with Crippen molar-refractivity contribution in [2.45, 2.75) is 42.5 Å². The lowest BCUT2D eigenvalue weighted by molar-refractivity contribution is -0.250. The molecule has 1 amide bonds. The first kappa shape index (κ1) is 22.3. The van der Waals surface area contributed by atoms with E-state index < -0.39 is 53.3 Å². The number of ether oxygens (including phenoxy) is 1. The van der Waals surface area contributed by atoms with E-state index in [2.05, 4.69) is 5.32 Å². The summed E-state index contributed by atoms with van der Waals surface area (Å²) in [5, 5.41) is 33.2. The number of carbonyl (C=O) groups is 1. The number of aryl methyl sites for hydroxylation is 1. The Morgan fingerprint density at radius 2 is 1.67 bits per heavy atom. The SMILES string of the molecule is Cc1ccc(S(=O)(=O)OC[C@@H]2O[C@@H](O)[C@@H](NC(=O)c3ccccc3)[C@@H](O)[C@@H]2O)cc1. The molecule has 0 spiro atoms. The molecule has 1 saturated heterocycles. The first-order valence-corrected chi connectivity index (χ1v) is 10.6. The van der Waals surface area contributed by atoms with Crippen LogP contribution in [0.4, 0.5) is 0 Å². The van der Waals surface area contributed by atoms with Gasteiger partial charge in [-0.25, -0.2) is 0 Å². The zero-order valence-electron chi connectivity index (χ0n) is 16.1. The third-order valence-electron chi connectivity index (χ3n) is 4.75. The summed E-state index contributed by atoms with van der Waals surface area (Å²) in [5.74, 6) is -0.578. The van der Waals surface area contributed by atoms with Gasteiger partial charge < -0.3 is 25.4 Å². The van der Waals surface area contributed by atoms with Crippen molar-refractivity contribution in [3.63, 3.8) is 0 Å². The van der Waals surface area contributed by atoms with Gasteiger partial charge in [0, 0.05) is 5.56 Å². The molecule has 1 aliphatic heterocycles. The standard InChI is InChI=1S/C20H23NO8S/c1-12-7-9-14(10-8-12)30(26,27)28-11-15-17(22)18(23)16(20(25)29-15)21-19(24)13-5-3-2-4-6-13/h2-10,15-18,20,22-23,25H,11H2,1H3,(H,21,24)/t15-,16-,17+,18+,20+/m0/s1. The predicted molar refractivity (Wildman–Crippen MR) is 105 cm³/mol. The first-order valence-electron chi connectivity index (χ1n) is 9.21. The van der Waals surface area contributed by atoms with Gasteiger partial charge in [0.1, 0.15) is 24.4 Å². The number of rotatable bonds is 6. The van der Waals surface area contributed by atoms with Crippen LogP contribution in [0.25, 0.3) is 0 Å². The van der Waals surface area contributed by atoms with Crippen LogP contribution in [0.15, 0.2) is 59.5 Å². The molecule has 0 unspecified atom stereocenters. The van der Waals surface area contributed by atoms with E-state index in [-0.39, 0.29) is 4.90 Å². The average molecular weight is 437 g/mol. The molecule has 2 aromatic carbocycles. The number of hydrogen-bond donors (Lipinski definition) is 4. The Morgan fingerprint density at radius 1 is 1.03 bits per heavy atom. The number of amides is 1. The molecule has 2 aromatic rings. The summed E-state index contributed by atoms with van der Waals surface area (Å²) in [7, 11) is -4.13. The number of nitrogens with one attached hydrogen (secondary N) is 1. The molecular weight excluding hydrogens is 414 g/mol. The van der Waals surface area contributed by atoms with Crippen LogP contribution in [0, 0.1) is 6.92 Å². The van der Waals surface area contributed by atoms with Gasteiger partial charge in [0.25, 0.3) is 16.0 Å². The van der Waals surface area contributed by atoms with Gasteiger partial charge >= 0.3 is 0 Å². The molecule has 10 heteroatoms. The van der Waals surface area contributed by atoms with Crippen molar-refractivity contribution in [3.8, 4) is 0 Å². The second kappa shape index (κ2) is 9.21. The zero-order valence-corrected chi connectivity index (χ0v) is 16.9. The van der Waals surface area contributed by atoms with E-state index in [0.717, 1.165) is 5.56 Å². The molecule has 162 valence electrons. The molecule has 30 heavy (non-hydrogen) atoms. The van der Waals surface area contributed by atoms with Crippen molar-refractivity contribution in [1.82, 2.24) is 5.32 Å². The van der Waals surface area contributed by atoms with Gasteiger partial charge in [-0.05, 0) is 31.2 Å². The van der Waals surface area contributed by atoms with Crippen molar-refractivity contribution < 1.29 is 37.5 Å². The molecule has 0 bridgehead atoms. The molecule has 9 nitrogen and oxygen atoms in total. The Bertz CT molecular complexity index is 964. The van der Waals surface area contributed by atoms with Crippen molar-refractivity contribution in [1.29, 1.82) is 0 Å². The average Bonchev–Trinajstić information content (AvgIpc) is 2.73. The summed E-state index contributed by atoms with van der Waals surface area (Å²) in [4.78, 5) is 12.2. The van der Waals surface area contributed by atoms with Crippen LogP contribution in [0.1, 0.15) is 15.9 Å². The molecule has 0 radical (unpaired) electrons. The maximum atomic E-state index is 12.3. The lowest BCUT2D eigenvalue weighted by atomic mass is 9.97. The first-order chi connectivity index (χ1) is 14.2. The maximum absolute atomic E-state index is 12.3. The summed E-state index contributed by atoms with van der Waals surface area (Å²) >= 11 is 0. The molecular formula is C20H23NO8S. The van der Waals surface area contributed by atoms with E-state index in [0.29, 0.717) is 5.56 Å². The summed E-state index contributed by atoms with van der Waals surface area (Å²) in [6, 6.07) is 12.8. The predicted octanol–water partition coefficient (Wildman–Crippen LogP) is -0.0621. The van der Waals surface area contributed by atoms with Gasteiger partial charge in [0.2, 0.25) is 0 Å². The molecule has 4 N–H and O–H groups in total. The molecule has 0 aromatic heterocycles.